The maximum absolute atomic E-state index is 5.07. The summed E-state index contributed by atoms with van der Waals surface area (Å²) in [6.07, 6.45) is 3.17. The van der Waals surface area contributed by atoms with Crippen LogP contribution in [-0.4, -0.2) is 42.2 Å². The number of nitrogens with zero attached hydrogens (tertiary/aromatic N) is 2. The Morgan fingerprint density at radius 2 is 1.88 bits per heavy atom. The number of hydrogen-bond donors (Lipinski definition) is 1. The second kappa shape index (κ2) is 7.21. The molecule has 1 aromatic heterocycles. The number of nitrogens with one attached hydrogen (secondary N) is 1. The predicted molar refractivity (Wildman–Crippen MR) is 71.2 cm³/mol. The van der Waals surface area contributed by atoms with Crippen LogP contribution in [0.1, 0.15) is 13.3 Å². The minimum atomic E-state index is 0.497. The molecule has 1 unspecified atom stereocenters. The van der Waals surface area contributed by atoms with E-state index in [2.05, 4.69) is 28.5 Å². The fraction of sp³-hybridized carbons (Fsp3) is 0.636. The van der Waals surface area contributed by atoms with Gasteiger partial charge in [-0.2, -0.15) is 21.7 Å². The summed E-state index contributed by atoms with van der Waals surface area (Å²) in [5.74, 6) is 1.53. The summed E-state index contributed by atoms with van der Waals surface area (Å²) in [4.78, 5) is 8.38. The summed E-state index contributed by atoms with van der Waals surface area (Å²) in [6.45, 7) is 3.03. The van der Waals surface area contributed by atoms with Gasteiger partial charge in [-0.3, -0.25) is 0 Å². The standard InChI is InChI=1S/C11H19N3O2S/c1-8(17-4)5-6-12-11-13-9(15-2)7-10(14-11)16-3/h7-8H,5-6H2,1-4H3,(H,12,13,14). The Kier molecular flexibility index (Phi) is 5.90. The number of aromatic nitrogens is 2. The van der Waals surface area contributed by atoms with Gasteiger partial charge in [-0.05, 0) is 12.7 Å². The van der Waals surface area contributed by atoms with Gasteiger partial charge in [0, 0.05) is 11.8 Å². The first kappa shape index (κ1) is 13.9. The molecule has 0 saturated carbocycles. The molecule has 1 aromatic rings. The third kappa shape index (κ3) is 4.68. The zero-order valence-corrected chi connectivity index (χ0v) is 11.5. The van der Waals surface area contributed by atoms with Crippen molar-refractivity contribution in [3.63, 3.8) is 0 Å². The highest BCUT2D eigenvalue weighted by atomic mass is 32.2. The smallest absolute Gasteiger partial charge is 0.229 e. The zero-order valence-electron chi connectivity index (χ0n) is 10.7. The van der Waals surface area contributed by atoms with Crippen LogP contribution in [0.5, 0.6) is 11.8 Å². The number of hydrogen-bond acceptors (Lipinski definition) is 6. The molecule has 1 rings (SSSR count). The molecule has 1 heterocycles. The van der Waals surface area contributed by atoms with Gasteiger partial charge in [-0.15, -0.1) is 0 Å². The third-order valence-electron chi connectivity index (χ3n) is 2.33. The summed E-state index contributed by atoms with van der Waals surface area (Å²) < 4.78 is 10.1. The van der Waals surface area contributed by atoms with Crippen molar-refractivity contribution in [1.29, 1.82) is 0 Å². The van der Waals surface area contributed by atoms with Crippen molar-refractivity contribution in [1.82, 2.24) is 9.97 Å². The minimum absolute atomic E-state index is 0.497. The Morgan fingerprint density at radius 1 is 1.29 bits per heavy atom. The monoisotopic (exact) mass is 257 g/mol. The molecular formula is C11H19N3O2S. The van der Waals surface area contributed by atoms with Gasteiger partial charge in [0.2, 0.25) is 17.7 Å². The number of rotatable bonds is 7. The summed E-state index contributed by atoms with van der Waals surface area (Å²) in [7, 11) is 3.14. The van der Waals surface area contributed by atoms with Gasteiger partial charge in [0.25, 0.3) is 0 Å². The van der Waals surface area contributed by atoms with E-state index in [9.17, 15) is 0 Å². The molecule has 17 heavy (non-hydrogen) atoms. The van der Waals surface area contributed by atoms with E-state index in [-0.39, 0.29) is 0 Å². The molecule has 5 nitrogen and oxygen atoms in total. The van der Waals surface area contributed by atoms with Crippen LogP contribution < -0.4 is 14.8 Å². The highest BCUT2D eigenvalue weighted by Gasteiger charge is 2.05. The Hall–Kier alpha value is -1.17. The molecule has 0 radical (unpaired) electrons. The lowest BCUT2D eigenvalue weighted by Crippen LogP contribution is -2.10. The number of ether oxygens (including phenoxy) is 2. The van der Waals surface area contributed by atoms with E-state index in [0.29, 0.717) is 23.0 Å². The van der Waals surface area contributed by atoms with E-state index < -0.39 is 0 Å². The molecule has 0 aliphatic carbocycles. The highest BCUT2D eigenvalue weighted by Crippen LogP contribution is 2.17. The molecular weight excluding hydrogens is 238 g/mol. The van der Waals surface area contributed by atoms with Crippen molar-refractivity contribution >= 4 is 17.7 Å². The maximum atomic E-state index is 5.07. The van der Waals surface area contributed by atoms with Gasteiger partial charge in [0.1, 0.15) is 0 Å². The first-order valence-electron chi connectivity index (χ1n) is 5.43. The largest absolute Gasteiger partial charge is 0.481 e. The Bertz CT molecular complexity index is 327. The van der Waals surface area contributed by atoms with E-state index in [1.807, 2.05) is 11.8 Å². The summed E-state index contributed by atoms with van der Waals surface area (Å²) in [5, 5.41) is 3.78. The lowest BCUT2D eigenvalue weighted by atomic mass is 10.3. The van der Waals surface area contributed by atoms with Gasteiger partial charge in [-0.1, -0.05) is 6.92 Å². The Morgan fingerprint density at radius 3 is 2.35 bits per heavy atom. The van der Waals surface area contributed by atoms with Crippen molar-refractivity contribution in [3.05, 3.63) is 6.07 Å². The Labute approximate surface area is 106 Å². The van der Waals surface area contributed by atoms with Gasteiger partial charge in [0.15, 0.2) is 0 Å². The summed E-state index contributed by atoms with van der Waals surface area (Å²) in [6, 6.07) is 1.65. The maximum Gasteiger partial charge on any atom is 0.229 e. The average molecular weight is 257 g/mol. The van der Waals surface area contributed by atoms with E-state index >= 15 is 0 Å². The van der Waals surface area contributed by atoms with Crippen LogP contribution in [0, 0.1) is 0 Å². The van der Waals surface area contributed by atoms with Crippen LogP contribution in [0.15, 0.2) is 6.07 Å². The van der Waals surface area contributed by atoms with Gasteiger partial charge in [-0.25, -0.2) is 0 Å². The lowest BCUT2D eigenvalue weighted by Gasteiger charge is -2.10. The number of thioether (sulfide) groups is 1. The molecule has 0 spiro atoms. The molecule has 0 aromatic carbocycles. The molecule has 1 atom stereocenters. The lowest BCUT2D eigenvalue weighted by molar-refractivity contribution is 0.373. The zero-order chi connectivity index (χ0) is 12.7. The third-order valence-corrected chi connectivity index (χ3v) is 3.37. The van der Waals surface area contributed by atoms with Gasteiger partial charge < -0.3 is 14.8 Å². The van der Waals surface area contributed by atoms with Gasteiger partial charge in [0.05, 0.1) is 20.3 Å². The van der Waals surface area contributed by atoms with Crippen LogP contribution >= 0.6 is 11.8 Å². The number of methoxy groups -OCH3 is 2. The summed E-state index contributed by atoms with van der Waals surface area (Å²) >= 11 is 1.85. The number of anilines is 1. The average Bonchev–Trinajstić information content (AvgIpc) is 2.37. The van der Waals surface area contributed by atoms with Crippen molar-refractivity contribution < 1.29 is 9.47 Å². The van der Waals surface area contributed by atoms with E-state index in [4.69, 9.17) is 9.47 Å². The van der Waals surface area contributed by atoms with Crippen LogP contribution in [-0.2, 0) is 0 Å². The van der Waals surface area contributed by atoms with Crippen LogP contribution in [0.3, 0.4) is 0 Å². The summed E-state index contributed by atoms with van der Waals surface area (Å²) in [5.41, 5.74) is 0. The fourth-order valence-electron chi connectivity index (χ4n) is 1.20. The van der Waals surface area contributed by atoms with Crippen molar-refractivity contribution in [3.8, 4) is 11.8 Å². The SMILES string of the molecule is COc1cc(OC)nc(NCCC(C)SC)n1. The van der Waals surface area contributed by atoms with Crippen LogP contribution in [0.4, 0.5) is 5.95 Å². The molecule has 0 amide bonds. The second-order valence-electron chi connectivity index (χ2n) is 3.54. The predicted octanol–water partition coefficient (Wildman–Crippen LogP) is 2.05. The van der Waals surface area contributed by atoms with E-state index in [1.54, 1.807) is 20.3 Å². The fourth-order valence-corrected chi connectivity index (χ4v) is 1.55. The molecule has 0 saturated heterocycles. The quantitative estimate of drug-likeness (QED) is 0.807. The van der Waals surface area contributed by atoms with Crippen LogP contribution in [0.25, 0.3) is 0 Å². The molecule has 1 N–H and O–H groups in total. The molecule has 0 aliphatic heterocycles. The molecule has 0 aliphatic rings. The molecule has 0 fully saturated rings. The minimum Gasteiger partial charge on any atom is -0.481 e. The van der Waals surface area contributed by atoms with E-state index in [0.717, 1.165) is 13.0 Å². The highest BCUT2D eigenvalue weighted by molar-refractivity contribution is 7.99. The first-order valence-corrected chi connectivity index (χ1v) is 6.72. The molecule has 6 heteroatoms. The van der Waals surface area contributed by atoms with Crippen molar-refractivity contribution in [2.24, 2.45) is 0 Å². The molecule has 0 bridgehead atoms. The van der Waals surface area contributed by atoms with Gasteiger partial charge >= 0.3 is 0 Å². The second-order valence-corrected chi connectivity index (χ2v) is 4.81. The first-order chi connectivity index (χ1) is 8.19. The topological polar surface area (TPSA) is 56.3 Å². The molecule has 96 valence electrons. The Balaban J connectivity index is 2.57. The van der Waals surface area contributed by atoms with Crippen molar-refractivity contribution in [2.45, 2.75) is 18.6 Å². The normalized spacial score (nSPS) is 12.0. The van der Waals surface area contributed by atoms with Crippen LogP contribution in [0.2, 0.25) is 0 Å². The van der Waals surface area contributed by atoms with E-state index in [1.165, 1.54) is 0 Å². The van der Waals surface area contributed by atoms with Crippen molar-refractivity contribution in [2.75, 3.05) is 32.3 Å².